The van der Waals surface area contributed by atoms with Crippen LogP contribution in [0.1, 0.15) is 149 Å². The predicted octanol–water partition coefficient (Wildman–Crippen LogP) is 8.31. The zero-order valence-electron chi connectivity index (χ0n) is 27.1. The van der Waals surface area contributed by atoms with Crippen LogP contribution >= 0.6 is 11.8 Å². The number of thioether (sulfide) groups is 1. The number of ether oxygens (including phenoxy) is 3. The number of unbranched alkanes of at least 4 members (excludes halogenated alkanes) is 16. The molecule has 0 aliphatic carbocycles. The Morgan fingerprint density at radius 1 is 0.738 bits per heavy atom. The van der Waals surface area contributed by atoms with Crippen molar-refractivity contribution in [1.82, 2.24) is 0 Å². The minimum absolute atomic E-state index is 0.0139. The third kappa shape index (κ3) is 18.3. The molecular formula is C35H64O6S. The molecule has 2 N–H and O–H groups in total. The minimum Gasteiger partial charge on any atom is -0.455 e. The first kappa shape index (κ1) is 37.6. The summed E-state index contributed by atoms with van der Waals surface area (Å²) in [5.74, 6) is 1.68. The number of rotatable bonds is 28. The second kappa shape index (κ2) is 24.7. The topological polar surface area (TPSA) is 85.2 Å². The Kier molecular flexibility index (Phi) is 22.1. The molecule has 0 aromatic rings. The van der Waals surface area contributed by atoms with Crippen LogP contribution in [0.2, 0.25) is 0 Å². The Hall–Kier alpha value is -0.600. The van der Waals surface area contributed by atoms with Gasteiger partial charge in [0.1, 0.15) is 6.10 Å². The zero-order valence-corrected chi connectivity index (χ0v) is 27.9. The first-order chi connectivity index (χ1) is 20.5. The van der Waals surface area contributed by atoms with Gasteiger partial charge in [0, 0.05) is 17.1 Å². The lowest BCUT2D eigenvalue weighted by atomic mass is 10.0. The zero-order chi connectivity index (χ0) is 30.3. The average Bonchev–Trinajstić information content (AvgIpc) is 3.56. The molecule has 0 aromatic carbocycles. The number of carbonyl (C=O) groups excluding carboxylic acids is 1. The smallest absolute Gasteiger partial charge is 0.334 e. The van der Waals surface area contributed by atoms with E-state index in [0.29, 0.717) is 13.2 Å². The number of esters is 1. The number of aliphatic hydroxyl groups is 2. The molecule has 5 atom stereocenters. The molecule has 7 heteroatoms. The van der Waals surface area contributed by atoms with E-state index in [1.165, 1.54) is 96.3 Å². The van der Waals surface area contributed by atoms with Crippen molar-refractivity contribution in [3.05, 3.63) is 11.6 Å². The van der Waals surface area contributed by atoms with Crippen molar-refractivity contribution in [3.8, 4) is 0 Å². The van der Waals surface area contributed by atoms with Crippen molar-refractivity contribution >= 4 is 17.7 Å². The largest absolute Gasteiger partial charge is 0.455 e. The molecule has 0 spiro atoms. The van der Waals surface area contributed by atoms with Crippen LogP contribution in [0.5, 0.6) is 0 Å². The third-order valence-electron chi connectivity index (χ3n) is 8.60. The normalized spacial score (nSPS) is 22.0. The lowest BCUT2D eigenvalue weighted by Gasteiger charge is -2.23. The monoisotopic (exact) mass is 612 g/mol. The Balaban J connectivity index is 1.36. The molecule has 1 fully saturated rings. The van der Waals surface area contributed by atoms with Crippen LogP contribution in [0, 0.1) is 0 Å². The second-order valence-electron chi connectivity index (χ2n) is 12.7. The summed E-state index contributed by atoms with van der Waals surface area (Å²) in [7, 11) is 0. The van der Waals surface area contributed by atoms with Crippen LogP contribution in [0.15, 0.2) is 11.6 Å². The van der Waals surface area contributed by atoms with Gasteiger partial charge in [-0.15, -0.1) is 0 Å². The van der Waals surface area contributed by atoms with Crippen LogP contribution in [0.3, 0.4) is 0 Å². The molecule has 2 aliphatic heterocycles. The molecule has 6 nitrogen and oxygen atoms in total. The van der Waals surface area contributed by atoms with Crippen molar-refractivity contribution in [2.45, 2.75) is 179 Å². The van der Waals surface area contributed by atoms with Gasteiger partial charge in [0.25, 0.3) is 0 Å². The van der Waals surface area contributed by atoms with Crippen LogP contribution in [0.25, 0.3) is 0 Å². The van der Waals surface area contributed by atoms with Crippen LogP contribution in [-0.4, -0.2) is 71.4 Å². The molecule has 246 valence electrons. The maximum absolute atomic E-state index is 11.6. The maximum atomic E-state index is 11.6. The van der Waals surface area contributed by atoms with Crippen LogP contribution in [-0.2, 0) is 19.0 Å². The molecule has 0 amide bonds. The third-order valence-corrected chi connectivity index (χ3v) is 9.73. The Morgan fingerprint density at radius 2 is 1.17 bits per heavy atom. The van der Waals surface area contributed by atoms with Gasteiger partial charge in [-0.1, -0.05) is 116 Å². The van der Waals surface area contributed by atoms with Gasteiger partial charge in [0.2, 0.25) is 0 Å². The van der Waals surface area contributed by atoms with Crippen LogP contribution in [0.4, 0.5) is 0 Å². The van der Waals surface area contributed by atoms with E-state index in [1.807, 2.05) is 24.8 Å². The number of hydrogen-bond acceptors (Lipinski definition) is 7. The van der Waals surface area contributed by atoms with Crippen molar-refractivity contribution < 1.29 is 29.2 Å². The molecule has 0 unspecified atom stereocenters. The molecule has 2 rings (SSSR count). The van der Waals surface area contributed by atoms with Crippen LogP contribution < -0.4 is 0 Å². The highest BCUT2D eigenvalue weighted by Gasteiger charge is 2.30. The summed E-state index contributed by atoms with van der Waals surface area (Å²) in [5, 5.41) is 20.8. The lowest BCUT2D eigenvalue weighted by molar-refractivity contribution is -0.139. The lowest BCUT2D eigenvalue weighted by Crippen LogP contribution is -2.34. The molecule has 0 radical (unpaired) electrons. The van der Waals surface area contributed by atoms with E-state index in [0.717, 1.165) is 55.6 Å². The van der Waals surface area contributed by atoms with E-state index >= 15 is 0 Å². The molecule has 0 saturated carbocycles. The standard InChI is InChI=1S/C35H64O6S/c1-3-4-5-6-7-13-16-19-22-31(36)25-39-33-27-42-28-34(33)40-26-32(37)23-20-17-14-11-9-8-10-12-15-18-21-30-24-29(2)41-35(30)38/h24,29,31-34,36-37H,3-23,25-28H2,1-2H3/t29-,31-,32-,33-,34-/m0/s1. The Bertz CT molecular complexity index is 701. The predicted molar refractivity (Wildman–Crippen MR) is 175 cm³/mol. The van der Waals surface area contributed by atoms with E-state index in [-0.39, 0.29) is 30.4 Å². The first-order valence-corrected chi connectivity index (χ1v) is 18.7. The summed E-state index contributed by atoms with van der Waals surface area (Å²) in [6, 6.07) is 0. The summed E-state index contributed by atoms with van der Waals surface area (Å²) in [6.45, 7) is 4.93. The van der Waals surface area contributed by atoms with Crippen molar-refractivity contribution in [3.63, 3.8) is 0 Å². The van der Waals surface area contributed by atoms with E-state index in [4.69, 9.17) is 14.2 Å². The van der Waals surface area contributed by atoms with Gasteiger partial charge in [0.15, 0.2) is 0 Å². The van der Waals surface area contributed by atoms with Gasteiger partial charge >= 0.3 is 5.97 Å². The highest BCUT2D eigenvalue weighted by atomic mass is 32.2. The summed E-state index contributed by atoms with van der Waals surface area (Å²) < 4.78 is 17.2. The summed E-state index contributed by atoms with van der Waals surface area (Å²) in [5.41, 5.74) is 0.866. The average molecular weight is 613 g/mol. The van der Waals surface area contributed by atoms with E-state index in [1.54, 1.807) is 0 Å². The molecule has 42 heavy (non-hydrogen) atoms. The Labute approximate surface area is 262 Å². The fourth-order valence-electron chi connectivity index (χ4n) is 5.90. The van der Waals surface area contributed by atoms with E-state index in [2.05, 4.69) is 6.92 Å². The van der Waals surface area contributed by atoms with Crippen molar-refractivity contribution in [1.29, 1.82) is 0 Å². The molecule has 2 heterocycles. The number of carbonyl (C=O) groups is 1. The van der Waals surface area contributed by atoms with E-state index < -0.39 is 6.10 Å². The molecule has 0 aromatic heterocycles. The molecule has 0 bridgehead atoms. The van der Waals surface area contributed by atoms with Gasteiger partial charge in [0.05, 0.1) is 37.6 Å². The highest BCUT2D eigenvalue weighted by molar-refractivity contribution is 7.99. The summed E-state index contributed by atoms with van der Waals surface area (Å²) in [6.07, 6.45) is 25.9. The van der Waals surface area contributed by atoms with Gasteiger partial charge in [-0.05, 0) is 38.7 Å². The fraction of sp³-hybridized carbons (Fsp3) is 0.914. The highest BCUT2D eigenvalue weighted by Crippen LogP contribution is 2.25. The fourth-order valence-corrected chi connectivity index (χ4v) is 7.12. The maximum Gasteiger partial charge on any atom is 0.334 e. The van der Waals surface area contributed by atoms with Gasteiger partial charge in [-0.2, -0.15) is 11.8 Å². The van der Waals surface area contributed by atoms with E-state index in [9.17, 15) is 15.0 Å². The molecular weight excluding hydrogens is 548 g/mol. The first-order valence-electron chi connectivity index (χ1n) is 17.6. The molecule has 1 saturated heterocycles. The van der Waals surface area contributed by atoms with Gasteiger partial charge in [-0.3, -0.25) is 0 Å². The Morgan fingerprint density at radius 3 is 1.60 bits per heavy atom. The SMILES string of the molecule is CCCCCCCCCC[C@H](O)CO[C@H]1CSC[C@@H]1OC[C@@H](O)CCCCCCCCCCCCC1=C[C@H](C)OC1=O. The van der Waals surface area contributed by atoms with Crippen molar-refractivity contribution in [2.24, 2.45) is 0 Å². The second-order valence-corrected chi connectivity index (χ2v) is 13.8. The number of aliphatic hydroxyl groups excluding tert-OH is 2. The van der Waals surface area contributed by atoms with Gasteiger partial charge < -0.3 is 24.4 Å². The summed E-state index contributed by atoms with van der Waals surface area (Å²) >= 11 is 1.84. The van der Waals surface area contributed by atoms with Crippen molar-refractivity contribution in [2.75, 3.05) is 24.7 Å². The molecule has 2 aliphatic rings. The van der Waals surface area contributed by atoms with Gasteiger partial charge in [-0.25, -0.2) is 4.79 Å². The quantitative estimate of drug-likeness (QED) is 0.0679. The summed E-state index contributed by atoms with van der Waals surface area (Å²) in [4.78, 5) is 11.6. The number of cyclic esters (lactones) is 1. The number of hydrogen-bond donors (Lipinski definition) is 2. The minimum atomic E-state index is -0.408.